The Labute approximate surface area is 139 Å². The van der Waals surface area contributed by atoms with Gasteiger partial charge in [-0.15, -0.1) is 0 Å². The first-order valence-corrected chi connectivity index (χ1v) is 9.62. The molecule has 2 aromatic rings. The number of aryl methyl sites for hydroxylation is 1. The van der Waals surface area contributed by atoms with E-state index in [0.29, 0.717) is 17.9 Å². The van der Waals surface area contributed by atoms with Crippen LogP contribution < -0.4 is 8.61 Å². The van der Waals surface area contributed by atoms with Crippen LogP contribution in [0.1, 0.15) is 12.0 Å². The number of fused-ring (bicyclic) bond motifs is 1. The number of nitrogens with zero attached hydrogens (tertiary/aromatic N) is 2. The summed E-state index contributed by atoms with van der Waals surface area (Å²) in [5, 5.41) is 0.770. The zero-order chi connectivity index (χ0) is 15.7. The Balaban J connectivity index is 2.12. The van der Waals surface area contributed by atoms with Gasteiger partial charge in [0.05, 0.1) is 17.1 Å². The molecule has 4 nitrogen and oxygen atoms in total. The summed E-state index contributed by atoms with van der Waals surface area (Å²) in [7, 11) is -3.58. The Morgan fingerprint density at radius 2 is 1.64 bits per heavy atom. The second kappa shape index (κ2) is 5.93. The number of para-hydroxylation sites is 2. The SMILES string of the molecule is Cc1ccc(N2c3ccccc3N(CCCBr)S2(=O)=O)cc1. The molecular weight excluding hydrogens is 364 g/mol. The van der Waals surface area contributed by atoms with E-state index in [9.17, 15) is 8.42 Å². The van der Waals surface area contributed by atoms with Gasteiger partial charge in [-0.05, 0) is 37.6 Å². The first-order chi connectivity index (χ1) is 10.6. The average molecular weight is 381 g/mol. The van der Waals surface area contributed by atoms with E-state index in [1.165, 1.54) is 8.61 Å². The lowest BCUT2D eigenvalue weighted by molar-refractivity contribution is 0.593. The Bertz CT molecular complexity index is 775. The number of benzene rings is 2. The van der Waals surface area contributed by atoms with Crippen LogP contribution in [0.2, 0.25) is 0 Å². The molecule has 0 N–H and O–H groups in total. The molecule has 1 heterocycles. The lowest BCUT2D eigenvalue weighted by Crippen LogP contribution is -2.36. The fraction of sp³-hybridized carbons (Fsp3) is 0.250. The number of rotatable bonds is 4. The summed E-state index contributed by atoms with van der Waals surface area (Å²) in [6.45, 7) is 2.45. The molecule has 0 radical (unpaired) electrons. The van der Waals surface area contributed by atoms with Gasteiger partial charge in [-0.3, -0.25) is 4.31 Å². The Hall–Kier alpha value is -1.53. The van der Waals surface area contributed by atoms with Crippen molar-refractivity contribution in [2.45, 2.75) is 13.3 Å². The second-order valence-electron chi connectivity index (χ2n) is 5.21. The third-order valence-electron chi connectivity index (χ3n) is 3.64. The minimum absolute atomic E-state index is 0.465. The highest BCUT2D eigenvalue weighted by molar-refractivity contribution is 9.09. The molecule has 0 amide bonds. The lowest BCUT2D eigenvalue weighted by Gasteiger charge is -2.21. The number of anilines is 3. The molecule has 0 spiro atoms. The Morgan fingerprint density at radius 1 is 1.00 bits per heavy atom. The largest absolute Gasteiger partial charge is 0.330 e. The predicted molar refractivity (Wildman–Crippen MR) is 94.4 cm³/mol. The third-order valence-corrected chi connectivity index (χ3v) is 6.01. The standard InChI is InChI=1S/C16H17BrN2O2S/c1-13-7-9-14(10-8-13)19-16-6-3-2-5-15(16)18(12-4-11-17)22(19,20)21/h2-3,5-10H,4,11-12H2,1H3. The van der Waals surface area contributed by atoms with Gasteiger partial charge in [0, 0.05) is 11.9 Å². The van der Waals surface area contributed by atoms with Gasteiger partial charge in [-0.1, -0.05) is 45.8 Å². The van der Waals surface area contributed by atoms with Gasteiger partial charge < -0.3 is 0 Å². The molecule has 0 bridgehead atoms. The molecule has 3 rings (SSSR count). The molecule has 0 unspecified atom stereocenters. The fourth-order valence-corrected chi connectivity index (χ4v) is 4.59. The van der Waals surface area contributed by atoms with Crippen molar-refractivity contribution in [3.05, 3.63) is 54.1 Å². The van der Waals surface area contributed by atoms with Crippen LogP contribution in [0, 0.1) is 6.92 Å². The number of hydrogen-bond donors (Lipinski definition) is 0. The molecule has 6 heteroatoms. The Kier molecular flexibility index (Phi) is 4.14. The molecule has 1 aliphatic heterocycles. The summed E-state index contributed by atoms with van der Waals surface area (Å²) in [5.74, 6) is 0. The van der Waals surface area contributed by atoms with Gasteiger partial charge in [-0.2, -0.15) is 8.42 Å². The van der Waals surface area contributed by atoms with E-state index in [4.69, 9.17) is 0 Å². The zero-order valence-corrected chi connectivity index (χ0v) is 14.6. The first-order valence-electron chi connectivity index (χ1n) is 7.10. The van der Waals surface area contributed by atoms with Gasteiger partial charge in [-0.25, -0.2) is 4.31 Å². The van der Waals surface area contributed by atoms with Gasteiger partial charge in [0.25, 0.3) is 0 Å². The van der Waals surface area contributed by atoms with E-state index >= 15 is 0 Å². The van der Waals surface area contributed by atoms with E-state index in [1.54, 1.807) is 0 Å². The van der Waals surface area contributed by atoms with Crippen molar-refractivity contribution in [3.8, 4) is 0 Å². The van der Waals surface area contributed by atoms with Gasteiger partial charge in [0.2, 0.25) is 0 Å². The molecule has 0 aromatic heterocycles. The van der Waals surface area contributed by atoms with Gasteiger partial charge in [0.1, 0.15) is 0 Å². The Morgan fingerprint density at radius 3 is 2.27 bits per heavy atom. The van der Waals surface area contributed by atoms with Crippen LogP contribution in [0.5, 0.6) is 0 Å². The second-order valence-corrected chi connectivity index (χ2v) is 7.71. The summed E-state index contributed by atoms with van der Waals surface area (Å²) in [4.78, 5) is 0. The van der Waals surface area contributed by atoms with Gasteiger partial charge >= 0.3 is 10.2 Å². The highest BCUT2D eigenvalue weighted by Gasteiger charge is 2.40. The predicted octanol–water partition coefficient (Wildman–Crippen LogP) is 3.98. The average Bonchev–Trinajstić information content (AvgIpc) is 2.73. The molecular formula is C16H17BrN2O2S. The molecule has 0 aliphatic carbocycles. The third kappa shape index (κ3) is 2.50. The van der Waals surface area contributed by atoms with E-state index in [-0.39, 0.29) is 0 Å². The van der Waals surface area contributed by atoms with Crippen molar-refractivity contribution in [3.63, 3.8) is 0 Å². The topological polar surface area (TPSA) is 40.6 Å². The van der Waals surface area contributed by atoms with Crippen LogP contribution >= 0.6 is 15.9 Å². The normalized spacial score (nSPS) is 15.9. The molecule has 0 saturated heterocycles. The first kappa shape index (κ1) is 15.4. The van der Waals surface area contributed by atoms with E-state index in [1.807, 2.05) is 55.5 Å². The maximum atomic E-state index is 13.0. The van der Waals surface area contributed by atoms with E-state index in [2.05, 4.69) is 15.9 Å². The van der Waals surface area contributed by atoms with Gasteiger partial charge in [0.15, 0.2) is 0 Å². The summed E-state index contributed by atoms with van der Waals surface area (Å²) >= 11 is 3.37. The number of halogens is 1. The molecule has 2 aromatic carbocycles. The number of hydrogen-bond acceptors (Lipinski definition) is 2. The van der Waals surface area contributed by atoms with E-state index < -0.39 is 10.2 Å². The summed E-state index contributed by atoms with van der Waals surface area (Å²) in [6, 6.07) is 15.0. The smallest absolute Gasteiger partial charge is 0.251 e. The summed E-state index contributed by atoms with van der Waals surface area (Å²) in [5.41, 5.74) is 3.22. The molecule has 22 heavy (non-hydrogen) atoms. The van der Waals surface area contributed by atoms with Crippen LogP contribution in [-0.2, 0) is 10.2 Å². The van der Waals surface area contributed by atoms with Crippen LogP contribution in [0.4, 0.5) is 17.1 Å². The fourth-order valence-electron chi connectivity index (χ4n) is 2.59. The van der Waals surface area contributed by atoms with Crippen LogP contribution in [0.25, 0.3) is 0 Å². The van der Waals surface area contributed by atoms with Crippen molar-refractivity contribution in [1.82, 2.24) is 0 Å². The maximum Gasteiger partial charge on any atom is 0.330 e. The summed E-state index contributed by atoms with van der Waals surface area (Å²) < 4.78 is 28.9. The highest BCUT2D eigenvalue weighted by atomic mass is 79.9. The van der Waals surface area contributed by atoms with Crippen molar-refractivity contribution in [2.75, 3.05) is 20.5 Å². The minimum Gasteiger partial charge on any atom is -0.251 e. The minimum atomic E-state index is -3.58. The highest BCUT2D eigenvalue weighted by Crippen LogP contribution is 2.45. The molecule has 116 valence electrons. The van der Waals surface area contributed by atoms with E-state index in [0.717, 1.165) is 23.0 Å². The van der Waals surface area contributed by atoms with Crippen molar-refractivity contribution in [2.24, 2.45) is 0 Å². The quantitative estimate of drug-likeness (QED) is 0.752. The molecule has 0 atom stereocenters. The zero-order valence-electron chi connectivity index (χ0n) is 12.2. The van der Waals surface area contributed by atoms with Crippen molar-refractivity contribution >= 4 is 43.2 Å². The van der Waals surface area contributed by atoms with Crippen LogP contribution in [0.3, 0.4) is 0 Å². The molecule has 1 aliphatic rings. The van der Waals surface area contributed by atoms with Crippen LogP contribution in [0.15, 0.2) is 48.5 Å². The number of alkyl halides is 1. The summed E-state index contributed by atoms with van der Waals surface area (Å²) in [6.07, 6.45) is 0.759. The molecule has 0 fully saturated rings. The monoisotopic (exact) mass is 380 g/mol. The maximum absolute atomic E-state index is 13.0. The van der Waals surface area contributed by atoms with Crippen molar-refractivity contribution < 1.29 is 8.42 Å². The van der Waals surface area contributed by atoms with Crippen molar-refractivity contribution in [1.29, 1.82) is 0 Å². The van der Waals surface area contributed by atoms with Crippen LogP contribution in [-0.4, -0.2) is 20.3 Å². The molecule has 0 saturated carbocycles. The lowest BCUT2D eigenvalue weighted by atomic mass is 10.2.